The molecule has 1 unspecified atom stereocenters. The molecule has 0 fully saturated rings. The van der Waals surface area contributed by atoms with E-state index in [0.717, 1.165) is 15.7 Å². The Bertz CT molecular complexity index is 1630. The summed E-state index contributed by atoms with van der Waals surface area (Å²) in [6, 6.07) is 18.8. The summed E-state index contributed by atoms with van der Waals surface area (Å²) in [6.07, 6.45) is 5.19. The third-order valence-electron chi connectivity index (χ3n) is 6.42. The lowest BCUT2D eigenvalue weighted by Crippen LogP contribution is -2.29. The minimum atomic E-state index is -0.728. The third-order valence-corrected chi connectivity index (χ3v) is 6.69. The Hall–Kier alpha value is -4.56. The number of imide groups is 1. The van der Waals surface area contributed by atoms with Gasteiger partial charge in [0.2, 0.25) is 0 Å². The van der Waals surface area contributed by atoms with Crippen molar-refractivity contribution in [2.45, 2.75) is 19.4 Å². The molecule has 0 bridgehead atoms. The molecule has 0 saturated carbocycles. The predicted molar refractivity (Wildman–Crippen MR) is 144 cm³/mol. The molecule has 7 nitrogen and oxygen atoms in total. The Morgan fingerprint density at radius 2 is 1.66 bits per heavy atom. The number of amides is 2. The summed E-state index contributed by atoms with van der Waals surface area (Å²) in [7, 11) is 0. The van der Waals surface area contributed by atoms with Crippen LogP contribution in [0.1, 0.15) is 50.2 Å². The number of allylic oxidation sites excluding steroid dienone is 1. The highest BCUT2D eigenvalue weighted by atomic mass is 35.5. The second-order valence-corrected chi connectivity index (χ2v) is 9.38. The zero-order chi connectivity index (χ0) is 27.0. The number of fused-ring (bicyclic) bond motifs is 1. The summed E-state index contributed by atoms with van der Waals surface area (Å²) in [4.78, 5) is 42.4. The first-order valence-electron chi connectivity index (χ1n) is 11.8. The van der Waals surface area contributed by atoms with Gasteiger partial charge in [-0.05, 0) is 52.9 Å². The number of anilines is 1. The average molecular weight is 529 g/mol. The first-order chi connectivity index (χ1) is 18.2. The van der Waals surface area contributed by atoms with Crippen LogP contribution in [0.2, 0.25) is 5.02 Å². The van der Waals surface area contributed by atoms with E-state index < -0.39 is 11.5 Å². The van der Waals surface area contributed by atoms with Gasteiger partial charge in [0.15, 0.2) is 5.82 Å². The van der Waals surface area contributed by atoms with Gasteiger partial charge in [-0.2, -0.15) is 4.98 Å². The molecule has 5 rings (SSSR count). The number of carbonyl (C=O) groups is 2. The lowest BCUT2D eigenvalue weighted by atomic mass is 9.98. The molecule has 1 atom stereocenters. The van der Waals surface area contributed by atoms with Crippen molar-refractivity contribution >= 4 is 35.3 Å². The van der Waals surface area contributed by atoms with Crippen LogP contribution in [0, 0.1) is 5.82 Å². The van der Waals surface area contributed by atoms with Crippen molar-refractivity contribution in [3.8, 4) is 5.69 Å². The van der Waals surface area contributed by atoms with E-state index in [2.05, 4.69) is 4.98 Å². The van der Waals surface area contributed by atoms with Crippen LogP contribution in [0.3, 0.4) is 0 Å². The molecule has 9 heteroatoms. The fraction of sp³-hybridized carbons (Fsp3) is 0.103. The van der Waals surface area contributed by atoms with Crippen LogP contribution >= 0.6 is 11.6 Å². The fourth-order valence-corrected chi connectivity index (χ4v) is 4.52. The van der Waals surface area contributed by atoms with Gasteiger partial charge in [0.05, 0.1) is 28.4 Å². The molecule has 3 aromatic carbocycles. The van der Waals surface area contributed by atoms with Gasteiger partial charge in [0.1, 0.15) is 5.82 Å². The van der Waals surface area contributed by atoms with E-state index >= 15 is 0 Å². The van der Waals surface area contributed by atoms with Crippen molar-refractivity contribution in [3.63, 3.8) is 0 Å². The van der Waals surface area contributed by atoms with E-state index in [1.54, 1.807) is 30.3 Å². The Labute approximate surface area is 222 Å². The van der Waals surface area contributed by atoms with Crippen LogP contribution in [-0.4, -0.2) is 26.3 Å². The molecule has 2 amide bonds. The summed E-state index contributed by atoms with van der Waals surface area (Å²) >= 11 is 6.14. The molecule has 2 heterocycles. The second-order valence-electron chi connectivity index (χ2n) is 8.97. The zero-order valence-corrected chi connectivity index (χ0v) is 21.0. The van der Waals surface area contributed by atoms with E-state index in [1.165, 1.54) is 23.2 Å². The standard InChI is InChI=1S/C29H22ClFN4O3/c1-17(20-14-23(30)26(31)24(15-20)34-13-12-25(32)33-29(34)38)6-7-18-8-10-19(11-9-18)16-35-27(36)21-4-2-3-5-22(21)28(35)37/h2-15,17H,16H2,1H3,(H2,32,33,38)/b7-6+. The first-order valence-corrected chi connectivity index (χ1v) is 12.2. The number of hydrogen-bond donors (Lipinski definition) is 1. The molecular weight excluding hydrogens is 507 g/mol. The van der Waals surface area contributed by atoms with Gasteiger partial charge < -0.3 is 5.73 Å². The number of rotatable bonds is 6. The van der Waals surface area contributed by atoms with E-state index in [-0.39, 0.29) is 40.8 Å². The maximum atomic E-state index is 14.8. The van der Waals surface area contributed by atoms with Crippen molar-refractivity contribution < 1.29 is 14.0 Å². The van der Waals surface area contributed by atoms with Gasteiger partial charge in [-0.1, -0.05) is 67.1 Å². The predicted octanol–water partition coefficient (Wildman–Crippen LogP) is 5.22. The summed E-state index contributed by atoms with van der Waals surface area (Å²) in [5.41, 5.74) is 8.09. The minimum absolute atomic E-state index is 0.0113. The van der Waals surface area contributed by atoms with Gasteiger partial charge in [-0.25, -0.2) is 9.18 Å². The van der Waals surface area contributed by atoms with Crippen molar-refractivity contribution in [3.05, 3.63) is 128 Å². The SMILES string of the molecule is CC(/C=C/c1ccc(CN2C(=O)c3ccccc3C2=O)cc1)c1cc(Cl)c(F)c(-n2ccc(N)nc2=O)c1. The zero-order valence-electron chi connectivity index (χ0n) is 20.3. The lowest BCUT2D eigenvalue weighted by Gasteiger charge is -2.14. The Kier molecular flexibility index (Phi) is 6.65. The molecule has 38 heavy (non-hydrogen) atoms. The number of aromatic nitrogens is 2. The lowest BCUT2D eigenvalue weighted by molar-refractivity contribution is 0.0642. The molecule has 1 aromatic heterocycles. The maximum absolute atomic E-state index is 14.8. The van der Waals surface area contributed by atoms with E-state index in [4.69, 9.17) is 17.3 Å². The van der Waals surface area contributed by atoms with Crippen LogP contribution in [-0.2, 0) is 6.54 Å². The van der Waals surface area contributed by atoms with Crippen LogP contribution in [0.15, 0.2) is 83.8 Å². The number of nitrogens with two attached hydrogens (primary N) is 1. The topological polar surface area (TPSA) is 98.3 Å². The number of benzene rings is 3. The van der Waals surface area contributed by atoms with E-state index in [0.29, 0.717) is 16.7 Å². The number of halogens is 2. The maximum Gasteiger partial charge on any atom is 0.354 e. The minimum Gasteiger partial charge on any atom is -0.383 e. The monoisotopic (exact) mass is 528 g/mol. The van der Waals surface area contributed by atoms with Crippen molar-refractivity contribution in [2.24, 2.45) is 0 Å². The quantitative estimate of drug-likeness (QED) is 0.346. The van der Waals surface area contributed by atoms with Crippen molar-refractivity contribution in [1.29, 1.82) is 0 Å². The summed E-state index contributed by atoms with van der Waals surface area (Å²) < 4.78 is 15.8. The normalized spacial score (nSPS) is 13.8. The number of hydrogen-bond acceptors (Lipinski definition) is 5. The smallest absolute Gasteiger partial charge is 0.354 e. The number of nitrogen functional groups attached to an aromatic ring is 1. The van der Waals surface area contributed by atoms with Crippen molar-refractivity contribution in [2.75, 3.05) is 5.73 Å². The molecule has 2 N–H and O–H groups in total. The van der Waals surface area contributed by atoms with Gasteiger partial charge in [-0.3, -0.25) is 19.1 Å². The first kappa shape index (κ1) is 25.1. The largest absolute Gasteiger partial charge is 0.383 e. The number of carbonyl (C=O) groups excluding carboxylic acids is 2. The molecule has 1 aliphatic heterocycles. The second kappa shape index (κ2) is 10.1. The highest BCUT2D eigenvalue weighted by Gasteiger charge is 2.34. The highest BCUT2D eigenvalue weighted by Crippen LogP contribution is 2.29. The van der Waals surface area contributed by atoms with Crippen LogP contribution in [0.25, 0.3) is 11.8 Å². The summed E-state index contributed by atoms with van der Waals surface area (Å²) in [5, 5.41) is -0.112. The molecule has 0 spiro atoms. The molecule has 0 saturated heterocycles. The molecule has 4 aromatic rings. The third kappa shape index (κ3) is 4.73. The van der Waals surface area contributed by atoms with Crippen LogP contribution in [0.4, 0.5) is 10.2 Å². The number of nitrogens with zero attached hydrogens (tertiary/aromatic N) is 3. The molecular formula is C29H22ClFN4O3. The summed E-state index contributed by atoms with van der Waals surface area (Å²) in [5.74, 6) is -1.44. The average Bonchev–Trinajstić information content (AvgIpc) is 3.15. The molecule has 190 valence electrons. The van der Waals surface area contributed by atoms with Gasteiger partial charge >= 0.3 is 5.69 Å². The van der Waals surface area contributed by atoms with Gasteiger partial charge in [0, 0.05) is 6.20 Å². The molecule has 0 radical (unpaired) electrons. The fourth-order valence-electron chi connectivity index (χ4n) is 4.30. The highest BCUT2D eigenvalue weighted by molar-refractivity contribution is 6.31. The van der Waals surface area contributed by atoms with Crippen molar-refractivity contribution in [1.82, 2.24) is 14.5 Å². The van der Waals surface area contributed by atoms with E-state index in [1.807, 2.05) is 43.3 Å². The molecule has 1 aliphatic rings. The molecule has 0 aliphatic carbocycles. The Morgan fingerprint density at radius 1 is 1.00 bits per heavy atom. The van der Waals surface area contributed by atoms with E-state index in [9.17, 15) is 18.8 Å². The van der Waals surface area contributed by atoms with Crippen LogP contribution < -0.4 is 11.4 Å². The summed E-state index contributed by atoms with van der Waals surface area (Å²) in [6.45, 7) is 2.10. The van der Waals surface area contributed by atoms with Gasteiger partial charge in [-0.15, -0.1) is 0 Å². The Morgan fingerprint density at radius 3 is 2.29 bits per heavy atom. The van der Waals surface area contributed by atoms with Crippen LogP contribution in [0.5, 0.6) is 0 Å². The van der Waals surface area contributed by atoms with Gasteiger partial charge in [0.25, 0.3) is 11.8 Å². The Balaban J connectivity index is 1.31.